The van der Waals surface area contributed by atoms with Crippen LogP contribution < -0.4 is 10.6 Å². The van der Waals surface area contributed by atoms with Crippen LogP contribution >= 0.6 is 11.3 Å². The monoisotopic (exact) mass is 299 g/mol. The quantitative estimate of drug-likeness (QED) is 0.755. The Morgan fingerprint density at radius 3 is 2.90 bits per heavy atom. The van der Waals surface area contributed by atoms with Gasteiger partial charge in [0.15, 0.2) is 0 Å². The molecule has 0 atom stereocenters. The van der Waals surface area contributed by atoms with Crippen molar-refractivity contribution in [1.82, 2.24) is 15.0 Å². The second kappa shape index (κ2) is 6.05. The van der Waals surface area contributed by atoms with E-state index in [0.717, 1.165) is 22.6 Å². The molecule has 0 saturated heterocycles. The fourth-order valence-corrected chi connectivity index (χ4v) is 2.85. The number of thiophene rings is 1. The van der Waals surface area contributed by atoms with E-state index in [4.69, 9.17) is 0 Å². The Balaban J connectivity index is 1.89. The van der Waals surface area contributed by atoms with Crippen LogP contribution in [-0.4, -0.2) is 21.5 Å². The van der Waals surface area contributed by atoms with Gasteiger partial charge in [0, 0.05) is 25.5 Å². The Hall–Kier alpha value is -2.21. The van der Waals surface area contributed by atoms with Crippen molar-refractivity contribution in [3.63, 3.8) is 0 Å². The summed E-state index contributed by atoms with van der Waals surface area (Å²) < 4.78 is 0. The number of aryl methyl sites for hydroxylation is 1. The fourth-order valence-electron chi connectivity index (χ4n) is 2.09. The number of anilines is 2. The fraction of sp³-hybridized carbons (Fsp3) is 0.267. The summed E-state index contributed by atoms with van der Waals surface area (Å²) in [6.45, 7) is 5.63. The Bertz CT molecular complexity index is 753. The van der Waals surface area contributed by atoms with Crippen LogP contribution in [0.5, 0.6) is 0 Å². The summed E-state index contributed by atoms with van der Waals surface area (Å²) in [4.78, 5) is 14.2. The molecule has 0 spiro atoms. The molecule has 3 rings (SSSR count). The molecule has 3 heterocycles. The maximum atomic E-state index is 4.56. The maximum absolute atomic E-state index is 4.56. The number of hydrogen-bond donors (Lipinski definition) is 2. The van der Waals surface area contributed by atoms with Gasteiger partial charge in [-0.3, -0.25) is 4.98 Å². The van der Waals surface area contributed by atoms with Crippen LogP contribution in [0.1, 0.15) is 18.1 Å². The molecule has 0 aromatic carbocycles. The second-order valence-electron chi connectivity index (χ2n) is 4.72. The highest BCUT2D eigenvalue weighted by atomic mass is 32.1. The van der Waals surface area contributed by atoms with Gasteiger partial charge >= 0.3 is 0 Å². The average molecular weight is 299 g/mol. The van der Waals surface area contributed by atoms with Crippen molar-refractivity contribution in [2.45, 2.75) is 20.4 Å². The van der Waals surface area contributed by atoms with Gasteiger partial charge in [0.2, 0.25) is 5.95 Å². The number of hydrogen-bond acceptors (Lipinski definition) is 6. The first-order valence-electron chi connectivity index (χ1n) is 6.90. The number of aromatic nitrogens is 3. The predicted molar refractivity (Wildman–Crippen MR) is 87.9 cm³/mol. The minimum Gasteiger partial charge on any atom is -0.365 e. The van der Waals surface area contributed by atoms with E-state index in [9.17, 15) is 0 Å². The van der Waals surface area contributed by atoms with Crippen molar-refractivity contribution in [2.75, 3.05) is 17.2 Å². The molecular weight excluding hydrogens is 282 g/mol. The van der Waals surface area contributed by atoms with E-state index >= 15 is 0 Å². The molecule has 3 aromatic heterocycles. The van der Waals surface area contributed by atoms with Gasteiger partial charge in [-0.2, -0.15) is 4.98 Å². The second-order valence-corrected chi connectivity index (χ2v) is 5.62. The first-order valence-corrected chi connectivity index (χ1v) is 7.78. The lowest BCUT2D eigenvalue weighted by Gasteiger charge is -2.10. The van der Waals surface area contributed by atoms with E-state index in [1.807, 2.05) is 36.8 Å². The highest BCUT2D eigenvalue weighted by molar-refractivity contribution is 7.16. The minimum absolute atomic E-state index is 0.665. The SMILES string of the molecule is CCNc1nc(NCc2cnccc2C)c2ccsc2n1. The zero-order valence-electron chi connectivity index (χ0n) is 12.1. The van der Waals surface area contributed by atoms with Gasteiger partial charge in [0.25, 0.3) is 0 Å². The van der Waals surface area contributed by atoms with Gasteiger partial charge in [0.1, 0.15) is 10.6 Å². The molecule has 0 bridgehead atoms. The smallest absolute Gasteiger partial charge is 0.226 e. The summed E-state index contributed by atoms with van der Waals surface area (Å²) in [6, 6.07) is 4.06. The van der Waals surface area contributed by atoms with E-state index in [1.165, 1.54) is 11.1 Å². The zero-order chi connectivity index (χ0) is 14.7. The molecule has 0 aliphatic carbocycles. The molecule has 6 heteroatoms. The first kappa shape index (κ1) is 13.8. The molecule has 0 unspecified atom stereocenters. The van der Waals surface area contributed by atoms with Crippen LogP contribution in [0.2, 0.25) is 0 Å². The van der Waals surface area contributed by atoms with E-state index in [0.29, 0.717) is 12.5 Å². The van der Waals surface area contributed by atoms with Crippen molar-refractivity contribution < 1.29 is 0 Å². The van der Waals surface area contributed by atoms with Crippen LogP contribution in [0, 0.1) is 6.92 Å². The number of pyridine rings is 1. The minimum atomic E-state index is 0.665. The van der Waals surface area contributed by atoms with Crippen LogP contribution in [0.25, 0.3) is 10.2 Å². The molecule has 2 N–H and O–H groups in total. The van der Waals surface area contributed by atoms with Gasteiger partial charge in [0.05, 0.1) is 5.39 Å². The molecule has 21 heavy (non-hydrogen) atoms. The third-order valence-corrected chi connectivity index (χ3v) is 4.06. The van der Waals surface area contributed by atoms with Crippen molar-refractivity contribution in [3.05, 3.63) is 41.0 Å². The van der Waals surface area contributed by atoms with Gasteiger partial charge in [-0.1, -0.05) is 0 Å². The molecular formula is C15H17N5S. The third kappa shape index (κ3) is 2.95. The molecule has 5 nitrogen and oxygen atoms in total. The highest BCUT2D eigenvalue weighted by Gasteiger charge is 2.09. The maximum Gasteiger partial charge on any atom is 0.226 e. The van der Waals surface area contributed by atoms with Gasteiger partial charge in [-0.25, -0.2) is 4.98 Å². The number of fused-ring (bicyclic) bond motifs is 1. The van der Waals surface area contributed by atoms with Crippen molar-refractivity contribution >= 4 is 33.3 Å². The van der Waals surface area contributed by atoms with Crippen LogP contribution in [0.3, 0.4) is 0 Å². The normalized spacial score (nSPS) is 10.8. The lowest BCUT2D eigenvalue weighted by Crippen LogP contribution is -2.07. The van der Waals surface area contributed by atoms with Crippen LogP contribution in [0.15, 0.2) is 29.9 Å². The van der Waals surface area contributed by atoms with Crippen LogP contribution in [0.4, 0.5) is 11.8 Å². The number of nitrogens with one attached hydrogen (secondary N) is 2. The summed E-state index contributed by atoms with van der Waals surface area (Å²) in [6.07, 6.45) is 3.70. The molecule has 0 saturated carbocycles. The summed E-state index contributed by atoms with van der Waals surface area (Å²) in [5, 5.41) is 9.67. The molecule has 108 valence electrons. The van der Waals surface area contributed by atoms with Gasteiger partial charge in [-0.05, 0) is 42.5 Å². The number of rotatable bonds is 5. The average Bonchev–Trinajstić information content (AvgIpc) is 2.95. The third-order valence-electron chi connectivity index (χ3n) is 3.25. The Morgan fingerprint density at radius 1 is 1.19 bits per heavy atom. The zero-order valence-corrected chi connectivity index (χ0v) is 12.9. The van der Waals surface area contributed by atoms with Crippen molar-refractivity contribution in [2.24, 2.45) is 0 Å². The van der Waals surface area contributed by atoms with Crippen molar-refractivity contribution in [1.29, 1.82) is 0 Å². The molecule has 0 fully saturated rings. The Labute approximate surface area is 127 Å². The van der Waals surface area contributed by atoms with E-state index in [2.05, 4.69) is 32.5 Å². The van der Waals surface area contributed by atoms with Crippen LogP contribution in [-0.2, 0) is 6.54 Å². The summed E-state index contributed by atoms with van der Waals surface area (Å²) >= 11 is 1.62. The largest absolute Gasteiger partial charge is 0.365 e. The predicted octanol–water partition coefficient (Wildman–Crippen LogP) is 3.44. The Morgan fingerprint density at radius 2 is 2.10 bits per heavy atom. The van der Waals surface area contributed by atoms with E-state index in [-0.39, 0.29) is 0 Å². The topological polar surface area (TPSA) is 62.7 Å². The molecule has 3 aromatic rings. The van der Waals surface area contributed by atoms with Gasteiger partial charge in [-0.15, -0.1) is 11.3 Å². The van der Waals surface area contributed by atoms with E-state index in [1.54, 1.807) is 11.3 Å². The van der Waals surface area contributed by atoms with Crippen molar-refractivity contribution in [3.8, 4) is 0 Å². The highest BCUT2D eigenvalue weighted by Crippen LogP contribution is 2.26. The lowest BCUT2D eigenvalue weighted by molar-refractivity contribution is 1.05. The summed E-state index contributed by atoms with van der Waals surface area (Å²) in [5.74, 6) is 1.53. The molecule has 0 radical (unpaired) electrons. The lowest BCUT2D eigenvalue weighted by atomic mass is 10.1. The number of nitrogens with zero attached hydrogens (tertiary/aromatic N) is 3. The van der Waals surface area contributed by atoms with E-state index < -0.39 is 0 Å². The first-order chi connectivity index (χ1) is 10.3. The standard InChI is InChI=1S/C15H17N5S/c1-3-17-15-19-13(12-5-7-21-14(12)20-15)18-9-11-8-16-6-4-10(11)2/h4-8H,3,9H2,1-2H3,(H2,17,18,19,20). The summed E-state index contributed by atoms with van der Waals surface area (Å²) in [5.41, 5.74) is 2.39. The summed E-state index contributed by atoms with van der Waals surface area (Å²) in [7, 11) is 0. The van der Waals surface area contributed by atoms with Gasteiger partial charge < -0.3 is 10.6 Å². The molecule has 0 amide bonds. The molecule has 0 aliphatic heterocycles. The molecule has 0 aliphatic rings. The Kier molecular flexibility index (Phi) is 3.96.